The maximum Gasteiger partial charge on any atom is 0.218 e. The second-order valence-electron chi connectivity index (χ2n) is 5.24. The van der Waals surface area contributed by atoms with E-state index in [2.05, 4.69) is 17.1 Å². The Kier molecular flexibility index (Phi) is 4.95. The SMILES string of the molecule is CNCC(C)S(=O)(=O)N1CC(C)C(N(C)C)C1. The Labute approximate surface area is 105 Å². The Balaban J connectivity index is 2.76. The lowest BCUT2D eigenvalue weighted by Gasteiger charge is -2.23. The number of nitrogens with zero attached hydrogens (tertiary/aromatic N) is 2. The van der Waals surface area contributed by atoms with Gasteiger partial charge in [0.2, 0.25) is 10.0 Å². The molecule has 1 fully saturated rings. The fraction of sp³-hybridized carbons (Fsp3) is 1.00. The minimum Gasteiger partial charge on any atom is -0.318 e. The van der Waals surface area contributed by atoms with Crippen LogP contribution in [0.2, 0.25) is 0 Å². The van der Waals surface area contributed by atoms with E-state index in [1.54, 1.807) is 18.3 Å². The summed E-state index contributed by atoms with van der Waals surface area (Å²) in [5.41, 5.74) is 0. The van der Waals surface area contributed by atoms with Gasteiger partial charge in [0.1, 0.15) is 0 Å². The van der Waals surface area contributed by atoms with Crippen LogP contribution in [0.1, 0.15) is 13.8 Å². The standard InChI is InChI=1S/C11H25N3O2S/c1-9-7-14(8-11(9)13(4)5)17(15,16)10(2)6-12-3/h9-12H,6-8H2,1-5H3. The van der Waals surface area contributed by atoms with Crippen molar-refractivity contribution in [3.63, 3.8) is 0 Å². The van der Waals surface area contributed by atoms with Gasteiger partial charge in [0, 0.05) is 25.7 Å². The first-order valence-corrected chi connectivity index (χ1v) is 7.61. The molecule has 102 valence electrons. The number of likely N-dealkylation sites (N-methyl/N-ethyl adjacent to an activating group) is 1. The summed E-state index contributed by atoms with van der Waals surface area (Å²) >= 11 is 0. The minimum absolute atomic E-state index is 0.326. The fourth-order valence-corrected chi connectivity index (χ4v) is 4.12. The van der Waals surface area contributed by atoms with Gasteiger partial charge in [-0.05, 0) is 34.0 Å². The molecule has 0 spiro atoms. The lowest BCUT2D eigenvalue weighted by molar-refractivity contribution is 0.263. The van der Waals surface area contributed by atoms with E-state index in [1.165, 1.54) is 0 Å². The van der Waals surface area contributed by atoms with Crippen molar-refractivity contribution in [2.75, 3.05) is 40.8 Å². The second kappa shape index (κ2) is 5.65. The lowest BCUT2D eigenvalue weighted by Crippen LogP contribution is -2.41. The molecule has 0 aliphatic carbocycles. The summed E-state index contributed by atoms with van der Waals surface area (Å²) < 4.78 is 26.3. The molecule has 3 atom stereocenters. The van der Waals surface area contributed by atoms with Gasteiger partial charge < -0.3 is 10.2 Å². The van der Waals surface area contributed by atoms with E-state index in [9.17, 15) is 8.42 Å². The Bertz CT molecular complexity index is 343. The molecule has 1 rings (SSSR count). The van der Waals surface area contributed by atoms with Crippen molar-refractivity contribution in [2.24, 2.45) is 5.92 Å². The van der Waals surface area contributed by atoms with Crippen LogP contribution in [0.5, 0.6) is 0 Å². The van der Waals surface area contributed by atoms with Gasteiger partial charge in [-0.1, -0.05) is 6.92 Å². The van der Waals surface area contributed by atoms with E-state index >= 15 is 0 Å². The maximum atomic E-state index is 12.3. The smallest absolute Gasteiger partial charge is 0.218 e. The number of rotatable bonds is 5. The van der Waals surface area contributed by atoms with Crippen LogP contribution in [-0.2, 0) is 10.0 Å². The Hall–Kier alpha value is -0.170. The van der Waals surface area contributed by atoms with E-state index in [0.717, 1.165) is 0 Å². The monoisotopic (exact) mass is 263 g/mol. The van der Waals surface area contributed by atoms with Gasteiger partial charge in [-0.25, -0.2) is 8.42 Å². The summed E-state index contributed by atoms with van der Waals surface area (Å²) in [6.07, 6.45) is 0. The average molecular weight is 263 g/mol. The van der Waals surface area contributed by atoms with Crippen molar-refractivity contribution < 1.29 is 8.42 Å². The Morgan fingerprint density at radius 3 is 2.41 bits per heavy atom. The maximum absolute atomic E-state index is 12.3. The van der Waals surface area contributed by atoms with E-state index in [-0.39, 0.29) is 5.25 Å². The highest BCUT2D eigenvalue weighted by atomic mass is 32.2. The van der Waals surface area contributed by atoms with E-state index < -0.39 is 10.0 Å². The van der Waals surface area contributed by atoms with E-state index in [1.807, 2.05) is 14.1 Å². The zero-order valence-corrected chi connectivity index (χ0v) is 12.3. The first-order valence-electron chi connectivity index (χ1n) is 6.10. The van der Waals surface area contributed by atoms with Crippen molar-refractivity contribution in [3.05, 3.63) is 0 Å². The predicted octanol–water partition coefficient (Wildman–Crippen LogP) is -0.194. The zero-order chi connectivity index (χ0) is 13.2. The van der Waals surface area contributed by atoms with Crippen molar-refractivity contribution >= 4 is 10.0 Å². The summed E-state index contributed by atoms with van der Waals surface area (Å²) in [5, 5.41) is 2.57. The molecule has 5 nitrogen and oxygen atoms in total. The molecule has 6 heteroatoms. The van der Waals surface area contributed by atoms with Crippen LogP contribution < -0.4 is 5.32 Å². The molecule has 1 heterocycles. The normalized spacial score (nSPS) is 28.8. The summed E-state index contributed by atoms with van der Waals surface area (Å²) in [6, 6.07) is 0.326. The first kappa shape index (κ1) is 14.9. The molecule has 0 aromatic carbocycles. The second-order valence-corrected chi connectivity index (χ2v) is 7.59. The van der Waals surface area contributed by atoms with Crippen molar-refractivity contribution in [1.29, 1.82) is 0 Å². The molecule has 0 amide bonds. The largest absolute Gasteiger partial charge is 0.318 e. The highest BCUT2D eigenvalue weighted by Crippen LogP contribution is 2.24. The van der Waals surface area contributed by atoms with Crippen LogP contribution in [0, 0.1) is 5.92 Å². The van der Waals surface area contributed by atoms with Crippen LogP contribution >= 0.6 is 0 Å². The van der Waals surface area contributed by atoms with Crippen LogP contribution in [0.15, 0.2) is 0 Å². The summed E-state index contributed by atoms with van der Waals surface area (Å²) in [7, 11) is 2.64. The molecule has 1 aliphatic heterocycles. The van der Waals surface area contributed by atoms with E-state index in [4.69, 9.17) is 0 Å². The molecule has 17 heavy (non-hydrogen) atoms. The highest BCUT2D eigenvalue weighted by molar-refractivity contribution is 7.89. The summed E-state index contributed by atoms with van der Waals surface area (Å²) in [4.78, 5) is 2.11. The highest BCUT2D eigenvalue weighted by Gasteiger charge is 2.39. The minimum atomic E-state index is -3.16. The number of hydrogen-bond acceptors (Lipinski definition) is 4. The fourth-order valence-electron chi connectivity index (χ4n) is 2.43. The molecular weight excluding hydrogens is 238 g/mol. The first-order chi connectivity index (χ1) is 7.80. The van der Waals surface area contributed by atoms with Gasteiger partial charge in [-0.3, -0.25) is 0 Å². The van der Waals surface area contributed by atoms with Crippen LogP contribution in [0.25, 0.3) is 0 Å². The molecule has 0 radical (unpaired) electrons. The zero-order valence-electron chi connectivity index (χ0n) is 11.5. The van der Waals surface area contributed by atoms with Crippen molar-refractivity contribution in [2.45, 2.75) is 25.1 Å². The van der Waals surface area contributed by atoms with Gasteiger partial charge in [-0.15, -0.1) is 0 Å². The molecule has 3 unspecified atom stereocenters. The summed E-state index contributed by atoms with van der Waals surface area (Å²) in [6.45, 7) is 5.63. The molecule has 0 saturated carbocycles. The lowest BCUT2D eigenvalue weighted by atomic mass is 10.1. The van der Waals surface area contributed by atoms with Crippen molar-refractivity contribution in [1.82, 2.24) is 14.5 Å². The van der Waals surface area contributed by atoms with E-state index in [0.29, 0.717) is 31.6 Å². The van der Waals surface area contributed by atoms with Gasteiger partial charge >= 0.3 is 0 Å². The molecule has 1 aliphatic rings. The van der Waals surface area contributed by atoms with Crippen LogP contribution in [0.3, 0.4) is 0 Å². The number of hydrogen-bond donors (Lipinski definition) is 1. The van der Waals surface area contributed by atoms with Gasteiger partial charge in [0.15, 0.2) is 0 Å². The topological polar surface area (TPSA) is 52.7 Å². The molecule has 0 aromatic rings. The summed E-state index contributed by atoms with van der Waals surface area (Å²) in [5.74, 6) is 0.390. The van der Waals surface area contributed by atoms with Gasteiger partial charge in [0.25, 0.3) is 0 Å². The van der Waals surface area contributed by atoms with Crippen LogP contribution in [0.4, 0.5) is 0 Å². The number of nitrogens with one attached hydrogen (secondary N) is 1. The number of sulfonamides is 1. The predicted molar refractivity (Wildman–Crippen MR) is 70.5 cm³/mol. The average Bonchev–Trinajstić information content (AvgIpc) is 2.61. The quantitative estimate of drug-likeness (QED) is 0.747. The molecule has 1 N–H and O–H groups in total. The molecule has 1 saturated heterocycles. The third-order valence-corrected chi connectivity index (χ3v) is 5.76. The molecule has 0 aromatic heterocycles. The van der Waals surface area contributed by atoms with Gasteiger partial charge in [0.05, 0.1) is 5.25 Å². The molecular formula is C11H25N3O2S. The third-order valence-electron chi connectivity index (χ3n) is 3.56. The molecule has 0 bridgehead atoms. The Morgan fingerprint density at radius 1 is 1.41 bits per heavy atom. The van der Waals surface area contributed by atoms with Gasteiger partial charge in [-0.2, -0.15) is 4.31 Å². The van der Waals surface area contributed by atoms with Crippen LogP contribution in [-0.4, -0.2) is 69.7 Å². The third kappa shape index (κ3) is 3.19. The Morgan fingerprint density at radius 2 is 2.00 bits per heavy atom. The van der Waals surface area contributed by atoms with Crippen molar-refractivity contribution in [3.8, 4) is 0 Å².